The van der Waals surface area contributed by atoms with Gasteiger partial charge in [0.15, 0.2) is 11.6 Å². The number of benzene rings is 1. The molecule has 21 heavy (non-hydrogen) atoms. The van der Waals surface area contributed by atoms with E-state index >= 15 is 0 Å². The summed E-state index contributed by atoms with van der Waals surface area (Å²) in [6, 6.07) is 7.31. The normalized spacial score (nSPS) is 10.1. The molecule has 0 unspecified atom stereocenters. The van der Waals surface area contributed by atoms with Crippen molar-refractivity contribution in [1.29, 1.82) is 0 Å². The first-order chi connectivity index (χ1) is 10.0. The van der Waals surface area contributed by atoms with Crippen molar-refractivity contribution in [2.75, 3.05) is 24.8 Å². The number of carbonyl (C=O) groups is 1. The maximum atomic E-state index is 13.6. The van der Waals surface area contributed by atoms with Crippen molar-refractivity contribution in [2.45, 2.75) is 0 Å². The number of methoxy groups -OCH3 is 1. The lowest BCUT2D eigenvalue weighted by Gasteiger charge is -2.09. The van der Waals surface area contributed by atoms with E-state index in [1.54, 1.807) is 19.2 Å². The fourth-order valence-corrected chi connectivity index (χ4v) is 1.87. The molecule has 0 saturated heterocycles. The molecular formula is C14H13ClFN3O2. The van der Waals surface area contributed by atoms with Crippen molar-refractivity contribution in [3.8, 4) is 5.75 Å². The van der Waals surface area contributed by atoms with Gasteiger partial charge in [0, 0.05) is 18.8 Å². The number of halogens is 2. The lowest BCUT2D eigenvalue weighted by Crippen LogP contribution is -2.15. The van der Waals surface area contributed by atoms with Crippen LogP contribution in [0.2, 0.25) is 5.02 Å². The second kappa shape index (κ2) is 6.41. The Bertz CT molecular complexity index is 679. The average Bonchev–Trinajstić information content (AvgIpc) is 2.48. The number of carbonyl (C=O) groups excluding carboxylic acids is 1. The number of amides is 1. The van der Waals surface area contributed by atoms with Gasteiger partial charge in [-0.3, -0.25) is 4.79 Å². The lowest BCUT2D eigenvalue weighted by atomic mass is 10.2. The summed E-state index contributed by atoms with van der Waals surface area (Å²) in [5.41, 5.74) is 0.339. The van der Waals surface area contributed by atoms with Crippen molar-refractivity contribution < 1.29 is 13.9 Å². The number of hydrogen-bond acceptors (Lipinski definition) is 4. The quantitative estimate of drug-likeness (QED) is 0.910. The Hall–Kier alpha value is -2.34. The van der Waals surface area contributed by atoms with Crippen molar-refractivity contribution >= 4 is 29.0 Å². The minimum Gasteiger partial charge on any atom is -0.494 e. The van der Waals surface area contributed by atoms with E-state index in [0.29, 0.717) is 5.82 Å². The maximum absolute atomic E-state index is 13.6. The van der Waals surface area contributed by atoms with Gasteiger partial charge in [0.2, 0.25) is 0 Å². The van der Waals surface area contributed by atoms with Crippen molar-refractivity contribution in [3.63, 3.8) is 0 Å². The second-order valence-electron chi connectivity index (χ2n) is 4.08. The number of nitrogens with one attached hydrogen (secondary N) is 2. The Labute approximate surface area is 126 Å². The van der Waals surface area contributed by atoms with Gasteiger partial charge in [-0.2, -0.15) is 0 Å². The summed E-state index contributed by atoms with van der Waals surface area (Å²) < 4.78 is 18.4. The van der Waals surface area contributed by atoms with E-state index in [9.17, 15) is 9.18 Å². The van der Waals surface area contributed by atoms with Crippen LogP contribution in [0.1, 0.15) is 10.5 Å². The SMILES string of the molecule is CNc1ccc(Cl)c(C(=O)Nc2ccc(OC)c(F)c2)n1. The monoisotopic (exact) mass is 309 g/mol. The summed E-state index contributed by atoms with van der Waals surface area (Å²) in [5, 5.41) is 5.55. The Morgan fingerprint density at radius 2 is 2.10 bits per heavy atom. The van der Waals surface area contributed by atoms with Crippen LogP contribution in [0.25, 0.3) is 0 Å². The third-order valence-electron chi connectivity index (χ3n) is 2.73. The fourth-order valence-electron chi connectivity index (χ4n) is 1.68. The van der Waals surface area contributed by atoms with Crippen LogP contribution >= 0.6 is 11.6 Å². The summed E-state index contributed by atoms with van der Waals surface area (Å²) in [7, 11) is 3.04. The molecule has 0 saturated carbocycles. The Morgan fingerprint density at radius 3 is 2.71 bits per heavy atom. The Balaban J connectivity index is 2.23. The molecule has 0 aliphatic carbocycles. The van der Waals surface area contributed by atoms with Gasteiger partial charge < -0.3 is 15.4 Å². The summed E-state index contributed by atoms with van der Waals surface area (Å²) in [6.45, 7) is 0. The number of ether oxygens (including phenoxy) is 1. The van der Waals surface area contributed by atoms with Crippen LogP contribution in [0.4, 0.5) is 15.9 Å². The van der Waals surface area contributed by atoms with Gasteiger partial charge in [-0.25, -0.2) is 9.37 Å². The molecule has 0 spiro atoms. The first kappa shape index (κ1) is 15.1. The highest BCUT2D eigenvalue weighted by molar-refractivity contribution is 6.34. The first-order valence-electron chi connectivity index (χ1n) is 6.04. The molecule has 1 aromatic heterocycles. The van der Waals surface area contributed by atoms with Gasteiger partial charge in [0.25, 0.3) is 5.91 Å². The number of aromatic nitrogens is 1. The van der Waals surface area contributed by atoms with E-state index in [4.69, 9.17) is 16.3 Å². The molecule has 0 bridgehead atoms. The summed E-state index contributed by atoms with van der Waals surface area (Å²) in [6.07, 6.45) is 0. The molecule has 2 rings (SSSR count). The van der Waals surface area contributed by atoms with Crippen LogP contribution < -0.4 is 15.4 Å². The molecule has 2 aromatic rings. The minimum absolute atomic E-state index is 0.0553. The van der Waals surface area contributed by atoms with Gasteiger partial charge in [-0.15, -0.1) is 0 Å². The molecule has 0 radical (unpaired) electrons. The molecule has 2 N–H and O–H groups in total. The van der Waals surface area contributed by atoms with E-state index in [1.807, 2.05) is 0 Å². The van der Waals surface area contributed by atoms with Gasteiger partial charge in [0.1, 0.15) is 11.5 Å². The van der Waals surface area contributed by atoms with E-state index in [2.05, 4.69) is 15.6 Å². The molecule has 5 nitrogen and oxygen atoms in total. The van der Waals surface area contributed by atoms with Crippen molar-refractivity contribution in [2.24, 2.45) is 0 Å². The zero-order valence-electron chi connectivity index (χ0n) is 11.4. The number of anilines is 2. The number of hydrogen-bond donors (Lipinski definition) is 2. The fraction of sp³-hybridized carbons (Fsp3) is 0.143. The van der Waals surface area contributed by atoms with Crippen LogP contribution in [0, 0.1) is 5.82 Å². The zero-order chi connectivity index (χ0) is 15.4. The second-order valence-corrected chi connectivity index (χ2v) is 4.49. The third-order valence-corrected chi connectivity index (χ3v) is 3.03. The topological polar surface area (TPSA) is 63.2 Å². The van der Waals surface area contributed by atoms with Gasteiger partial charge >= 0.3 is 0 Å². The predicted molar refractivity (Wildman–Crippen MR) is 79.7 cm³/mol. The maximum Gasteiger partial charge on any atom is 0.275 e. The largest absolute Gasteiger partial charge is 0.494 e. The highest BCUT2D eigenvalue weighted by atomic mass is 35.5. The molecule has 1 heterocycles. The molecule has 1 aromatic carbocycles. The van der Waals surface area contributed by atoms with Gasteiger partial charge in [-0.05, 0) is 24.3 Å². The van der Waals surface area contributed by atoms with E-state index < -0.39 is 11.7 Å². The first-order valence-corrected chi connectivity index (χ1v) is 6.42. The highest BCUT2D eigenvalue weighted by Crippen LogP contribution is 2.22. The summed E-state index contributed by atoms with van der Waals surface area (Å²) in [5.74, 6) is -0.494. The molecule has 110 valence electrons. The third kappa shape index (κ3) is 3.41. The van der Waals surface area contributed by atoms with Crippen LogP contribution in [0.3, 0.4) is 0 Å². The molecular weight excluding hydrogens is 297 g/mol. The predicted octanol–water partition coefficient (Wildman–Crippen LogP) is 3.18. The van der Waals surface area contributed by atoms with Gasteiger partial charge in [-0.1, -0.05) is 11.6 Å². The van der Waals surface area contributed by atoms with Crippen LogP contribution in [0.15, 0.2) is 30.3 Å². The highest BCUT2D eigenvalue weighted by Gasteiger charge is 2.14. The van der Waals surface area contributed by atoms with E-state index in [0.717, 1.165) is 6.07 Å². The van der Waals surface area contributed by atoms with E-state index in [-0.39, 0.29) is 22.2 Å². The molecule has 0 aliphatic heterocycles. The molecule has 0 atom stereocenters. The molecule has 0 fully saturated rings. The zero-order valence-corrected chi connectivity index (χ0v) is 12.2. The van der Waals surface area contributed by atoms with Gasteiger partial charge in [0.05, 0.1) is 12.1 Å². The average molecular weight is 310 g/mol. The van der Waals surface area contributed by atoms with E-state index in [1.165, 1.54) is 19.2 Å². The summed E-state index contributed by atoms with van der Waals surface area (Å²) in [4.78, 5) is 16.2. The lowest BCUT2D eigenvalue weighted by molar-refractivity contribution is 0.102. The Morgan fingerprint density at radius 1 is 1.33 bits per heavy atom. The van der Waals surface area contributed by atoms with Crippen molar-refractivity contribution in [1.82, 2.24) is 4.98 Å². The Kier molecular flexibility index (Phi) is 4.59. The van der Waals surface area contributed by atoms with Crippen molar-refractivity contribution in [3.05, 3.63) is 46.9 Å². The number of nitrogens with zero attached hydrogens (tertiary/aromatic N) is 1. The standard InChI is InChI=1S/C14H13ClFN3O2/c1-17-12-6-4-9(15)13(19-12)14(20)18-8-3-5-11(21-2)10(16)7-8/h3-7H,1-2H3,(H,17,19)(H,18,20). The number of rotatable bonds is 4. The smallest absolute Gasteiger partial charge is 0.275 e. The minimum atomic E-state index is -0.571. The van der Waals surface area contributed by atoms with Crippen LogP contribution in [-0.2, 0) is 0 Å². The molecule has 7 heteroatoms. The number of pyridine rings is 1. The summed E-state index contributed by atoms with van der Waals surface area (Å²) >= 11 is 5.95. The molecule has 0 aliphatic rings. The van der Waals surface area contributed by atoms with Crippen LogP contribution in [-0.4, -0.2) is 25.0 Å². The molecule has 1 amide bonds. The van der Waals surface area contributed by atoms with Crippen LogP contribution in [0.5, 0.6) is 5.75 Å².